The highest BCUT2D eigenvalue weighted by Gasteiger charge is 2.21. The molecule has 1 amide bonds. The zero-order valence-corrected chi connectivity index (χ0v) is 10.9. The number of nitrogens with one attached hydrogen (secondary N) is 1. The molecule has 0 saturated heterocycles. The van der Waals surface area contributed by atoms with Gasteiger partial charge in [-0.05, 0) is 12.3 Å². The summed E-state index contributed by atoms with van der Waals surface area (Å²) >= 11 is 4.92. The first kappa shape index (κ1) is 14.4. The molecule has 0 saturated carbocycles. The quantitative estimate of drug-likeness (QED) is 0.685. The fourth-order valence-corrected chi connectivity index (χ4v) is 0.987. The van der Waals surface area contributed by atoms with Gasteiger partial charge in [0, 0.05) is 18.4 Å². The molecule has 4 heteroatoms. The lowest BCUT2D eigenvalue weighted by Gasteiger charge is -2.23. The number of carbonyl (C=O) groups is 1. The van der Waals surface area contributed by atoms with Gasteiger partial charge in [-0.2, -0.15) is 0 Å². The van der Waals surface area contributed by atoms with Crippen molar-refractivity contribution < 1.29 is 4.79 Å². The van der Waals surface area contributed by atoms with Gasteiger partial charge in [0.25, 0.3) is 0 Å². The molecule has 15 heavy (non-hydrogen) atoms. The van der Waals surface area contributed by atoms with Crippen LogP contribution in [0.1, 0.15) is 40.5 Å². The average Bonchev–Trinajstić information content (AvgIpc) is 2.11. The van der Waals surface area contributed by atoms with Crippen LogP contribution in [0.4, 0.5) is 0 Å². The van der Waals surface area contributed by atoms with Crippen LogP contribution in [0, 0.1) is 11.3 Å². The van der Waals surface area contributed by atoms with Crippen molar-refractivity contribution in [1.29, 1.82) is 0 Å². The first-order valence-corrected chi connectivity index (χ1v) is 5.73. The number of carbonyl (C=O) groups excluding carboxylic acids is 1. The predicted molar refractivity (Wildman–Crippen MR) is 67.6 cm³/mol. The van der Waals surface area contributed by atoms with Crippen molar-refractivity contribution >= 4 is 23.1 Å². The Balaban J connectivity index is 3.85. The first-order chi connectivity index (χ1) is 6.75. The summed E-state index contributed by atoms with van der Waals surface area (Å²) in [6.07, 6.45) is 1.49. The summed E-state index contributed by atoms with van der Waals surface area (Å²) < 4.78 is 0. The third-order valence-electron chi connectivity index (χ3n) is 2.34. The van der Waals surface area contributed by atoms with E-state index in [1.165, 1.54) is 0 Å². The molecule has 0 aliphatic carbocycles. The van der Waals surface area contributed by atoms with E-state index in [1.54, 1.807) is 0 Å². The number of thiocarbonyl (C=S) groups is 1. The molecule has 3 nitrogen and oxygen atoms in total. The summed E-state index contributed by atoms with van der Waals surface area (Å²) in [4.78, 5) is 11.9. The Kier molecular flexibility index (Phi) is 5.80. The summed E-state index contributed by atoms with van der Waals surface area (Å²) in [7, 11) is 0. The van der Waals surface area contributed by atoms with Crippen LogP contribution >= 0.6 is 12.2 Å². The average molecular weight is 230 g/mol. The molecule has 0 aromatic rings. The van der Waals surface area contributed by atoms with E-state index in [1.807, 2.05) is 13.8 Å². The molecule has 0 aromatic carbocycles. The van der Waals surface area contributed by atoms with Crippen molar-refractivity contribution in [3.63, 3.8) is 0 Å². The van der Waals surface area contributed by atoms with Crippen molar-refractivity contribution in [3.8, 4) is 0 Å². The summed E-state index contributed by atoms with van der Waals surface area (Å²) in [5.74, 6) is 0.632. The van der Waals surface area contributed by atoms with Crippen molar-refractivity contribution in [2.75, 3.05) is 6.54 Å². The number of hydrogen-bond acceptors (Lipinski definition) is 2. The van der Waals surface area contributed by atoms with Crippen LogP contribution in [0.3, 0.4) is 0 Å². The topological polar surface area (TPSA) is 55.1 Å². The highest BCUT2D eigenvalue weighted by molar-refractivity contribution is 7.80. The molecular weight excluding hydrogens is 208 g/mol. The second kappa shape index (κ2) is 6.05. The van der Waals surface area contributed by atoms with Gasteiger partial charge >= 0.3 is 0 Å². The van der Waals surface area contributed by atoms with Crippen LogP contribution in [-0.4, -0.2) is 17.4 Å². The van der Waals surface area contributed by atoms with Gasteiger partial charge in [-0.25, -0.2) is 0 Å². The molecule has 0 unspecified atom stereocenters. The molecule has 0 bridgehead atoms. The fraction of sp³-hybridized carbons (Fsp3) is 0.818. The van der Waals surface area contributed by atoms with Crippen LogP contribution in [-0.2, 0) is 4.79 Å². The van der Waals surface area contributed by atoms with E-state index in [0.29, 0.717) is 23.9 Å². The maximum atomic E-state index is 11.4. The molecule has 0 aromatic heterocycles. The van der Waals surface area contributed by atoms with E-state index in [2.05, 4.69) is 19.2 Å². The van der Waals surface area contributed by atoms with Crippen molar-refractivity contribution in [3.05, 3.63) is 0 Å². The lowest BCUT2D eigenvalue weighted by Crippen LogP contribution is -2.41. The SMILES string of the molecule is CC(C)CCC(=O)NCC(C)(C)C(N)=S. The Morgan fingerprint density at radius 1 is 1.47 bits per heavy atom. The molecule has 0 rings (SSSR count). The fourth-order valence-electron chi connectivity index (χ4n) is 0.915. The third kappa shape index (κ3) is 6.44. The van der Waals surface area contributed by atoms with E-state index in [9.17, 15) is 4.79 Å². The van der Waals surface area contributed by atoms with Gasteiger partial charge in [0.1, 0.15) is 0 Å². The van der Waals surface area contributed by atoms with Crippen LogP contribution in [0.5, 0.6) is 0 Å². The predicted octanol–water partition coefficient (Wildman–Crippen LogP) is 1.85. The molecule has 0 fully saturated rings. The standard InChI is InChI=1S/C11H22N2OS/c1-8(2)5-6-9(14)13-7-11(3,4)10(12)15/h8H,5-7H2,1-4H3,(H2,12,15)(H,13,14). The van der Waals surface area contributed by atoms with Crippen LogP contribution in [0.2, 0.25) is 0 Å². The van der Waals surface area contributed by atoms with Gasteiger partial charge in [-0.1, -0.05) is 39.9 Å². The minimum atomic E-state index is -0.303. The van der Waals surface area contributed by atoms with Crippen LogP contribution in [0.25, 0.3) is 0 Å². The largest absolute Gasteiger partial charge is 0.393 e. The molecule has 0 aliphatic rings. The summed E-state index contributed by atoms with van der Waals surface area (Å²) in [5.41, 5.74) is 5.26. The summed E-state index contributed by atoms with van der Waals surface area (Å²) in [6.45, 7) is 8.58. The normalized spacial score (nSPS) is 11.5. The molecule has 0 radical (unpaired) electrons. The number of amides is 1. The summed E-state index contributed by atoms with van der Waals surface area (Å²) in [6, 6.07) is 0. The maximum absolute atomic E-state index is 11.4. The van der Waals surface area contributed by atoms with E-state index < -0.39 is 0 Å². The van der Waals surface area contributed by atoms with Crippen LogP contribution in [0.15, 0.2) is 0 Å². The Bertz CT molecular complexity index is 237. The van der Waals surface area contributed by atoms with Gasteiger partial charge in [0.05, 0.1) is 4.99 Å². The Morgan fingerprint density at radius 3 is 2.40 bits per heavy atom. The number of nitrogens with two attached hydrogens (primary N) is 1. The van der Waals surface area contributed by atoms with Crippen molar-refractivity contribution in [2.24, 2.45) is 17.1 Å². The minimum absolute atomic E-state index is 0.0769. The molecular formula is C11H22N2OS. The second-order valence-corrected chi connectivity index (χ2v) is 5.40. The first-order valence-electron chi connectivity index (χ1n) is 5.32. The Morgan fingerprint density at radius 2 is 2.00 bits per heavy atom. The second-order valence-electron chi connectivity index (χ2n) is 4.96. The van der Waals surface area contributed by atoms with Crippen molar-refractivity contribution in [1.82, 2.24) is 5.32 Å². The lowest BCUT2D eigenvalue weighted by molar-refractivity contribution is -0.121. The van der Waals surface area contributed by atoms with Gasteiger partial charge in [0.2, 0.25) is 5.91 Å². The van der Waals surface area contributed by atoms with Gasteiger partial charge in [-0.15, -0.1) is 0 Å². The molecule has 0 spiro atoms. The van der Waals surface area contributed by atoms with E-state index >= 15 is 0 Å². The highest BCUT2D eigenvalue weighted by atomic mass is 32.1. The molecule has 3 N–H and O–H groups in total. The zero-order chi connectivity index (χ0) is 12.1. The van der Waals surface area contributed by atoms with E-state index in [4.69, 9.17) is 18.0 Å². The van der Waals surface area contributed by atoms with Crippen LogP contribution < -0.4 is 11.1 Å². The molecule has 88 valence electrons. The maximum Gasteiger partial charge on any atom is 0.220 e. The highest BCUT2D eigenvalue weighted by Crippen LogP contribution is 2.13. The molecule has 0 atom stereocenters. The Hall–Kier alpha value is -0.640. The zero-order valence-electron chi connectivity index (χ0n) is 10.1. The number of hydrogen-bond donors (Lipinski definition) is 2. The molecule has 0 aliphatic heterocycles. The van der Waals surface area contributed by atoms with E-state index in [0.717, 1.165) is 6.42 Å². The number of rotatable bonds is 6. The molecule has 0 heterocycles. The van der Waals surface area contributed by atoms with Gasteiger partial charge in [-0.3, -0.25) is 4.79 Å². The lowest BCUT2D eigenvalue weighted by atomic mass is 9.93. The summed E-state index contributed by atoms with van der Waals surface area (Å²) in [5, 5.41) is 2.85. The van der Waals surface area contributed by atoms with Gasteiger partial charge in [0.15, 0.2) is 0 Å². The Labute approximate surface area is 97.8 Å². The minimum Gasteiger partial charge on any atom is -0.393 e. The smallest absolute Gasteiger partial charge is 0.220 e. The van der Waals surface area contributed by atoms with Crippen molar-refractivity contribution in [2.45, 2.75) is 40.5 Å². The monoisotopic (exact) mass is 230 g/mol. The third-order valence-corrected chi connectivity index (χ3v) is 2.90. The van der Waals surface area contributed by atoms with Gasteiger partial charge < -0.3 is 11.1 Å². The van der Waals surface area contributed by atoms with E-state index in [-0.39, 0.29) is 11.3 Å².